The molecular weight excluding hydrogens is 280 g/mol. The molecule has 0 saturated carbocycles. The highest BCUT2D eigenvalue weighted by atomic mass is 16.5. The zero-order valence-corrected chi connectivity index (χ0v) is 13.5. The Morgan fingerprint density at radius 2 is 1.95 bits per heavy atom. The van der Waals surface area contributed by atoms with Gasteiger partial charge in [0.1, 0.15) is 0 Å². The number of carbonyl (C=O) groups excluding carboxylic acids is 2. The van der Waals surface area contributed by atoms with Crippen molar-refractivity contribution in [2.24, 2.45) is 5.92 Å². The topological polar surface area (TPSA) is 58.6 Å². The van der Waals surface area contributed by atoms with Crippen molar-refractivity contribution in [2.75, 3.05) is 26.7 Å². The van der Waals surface area contributed by atoms with Crippen molar-refractivity contribution >= 4 is 12.0 Å². The third-order valence-corrected chi connectivity index (χ3v) is 4.23. The first-order chi connectivity index (χ1) is 10.5. The molecule has 1 N–H and O–H groups in total. The average Bonchev–Trinajstić information content (AvgIpc) is 2.52. The molecule has 0 atom stereocenters. The number of aryl methyl sites for hydroxylation is 2. The van der Waals surface area contributed by atoms with Crippen LogP contribution in [0.1, 0.15) is 34.3 Å². The average molecular weight is 304 g/mol. The van der Waals surface area contributed by atoms with Gasteiger partial charge in [0.05, 0.1) is 7.11 Å². The van der Waals surface area contributed by atoms with Crippen LogP contribution >= 0.6 is 0 Å². The first-order valence-electron chi connectivity index (χ1n) is 7.69. The summed E-state index contributed by atoms with van der Waals surface area (Å²) in [6, 6.07) is 5.85. The van der Waals surface area contributed by atoms with Gasteiger partial charge in [-0.3, -0.25) is 4.79 Å². The standard InChI is InChI=1S/C17H24N2O3/c1-12-4-5-15(13(2)10-12)16(20)18-11-14-6-8-19(9-7-14)17(21)22-3/h4-5,10,14H,6-9,11H2,1-3H3,(H,18,20). The second kappa shape index (κ2) is 7.29. The molecule has 1 saturated heterocycles. The lowest BCUT2D eigenvalue weighted by Gasteiger charge is -2.31. The fraction of sp³-hybridized carbons (Fsp3) is 0.529. The predicted molar refractivity (Wildman–Crippen MR) is 85.0 cm³/mol. The number of methoxy groups -OCH3 is 1. The van der Waals surface area contributed by atoms with E-state index in [0.29, 0.717) is 25.6 Å². The lowest BCUT2D eigenvalue weighted by Crippen LogP contribution is -2.41. The molecule has 0 spiro atoms. The highest BCUT2D eigenvalue weighted by Crippen LogP contribution is 2.17. The monoisotopic (exact) mass is 304 g/mol. The minimum absolute atomic E-state index is 0.0205. The van der Waals surface area contributed by atoms with Gasteiger partial charge in [-0.05, 0) is 44.2 Å². The van der Waals surface area contributed by atoms with E-state index in [4.69, 9.17) is 4.74 Å². The fourth-order valence-electron chi connectivity index (χ4n) is 2.85. The summed E-state index contributed by atoms with van der Waals surface area (Å²) >= 11 is 0. The van der Waals surface area contributed by atoms with Gasteiger partial charge in [0.15, 0.2) is 0 Å². The molecular formula is C17H24N2O3. The number of ether oxygens (including phenoxy) is 1. The number of benzene rings is 1. The summed E-state index contributed by atoms with van der Waals surface area (Å²) in [5.74, 6) is 0.392. The zero-order valence-electron chi connectivity index (χ0n) is 13.5. The molecule has 1 aromatic carbocycles. The maximum atomic E-state index is 12.2. The Bertz CT molecular complexity index is 549. The zero-order chi connectivity index (χ0) is 16.1. The summed E-state index contributed by atoms with van der Waals surface area (Å²) < 4.78 is 4.72. The number of amides is 2. The molecule has 0 unspecified atom stereocenters. The normalized spacial score (nSPS) is 15.5. The highest BCUT2D eigenvalue weighted by Gasteiger charge is 2.23. The molecule has 5 heteroatoms. The van der Waals surface area contributed by atoms with Crippen molar-refractivity contribution in [3.8, 4) is 0 Å². The van der Waals surface area contributed by atoms with Crippen LogP contribution in [0.15, 0.2) is 18.2 Å². The molecule has 1 aliphatic rings. The van der Waals surface area contributed by atoms with Crippen LogP contribution in [0.25, 0.3) is 0 Å². The largest absolute Gasteiger partial charge is 0.453 e. The Hall–Kier alpha value is -2.04. The van der Waals surface area contributed by atoms with Gasteiger partial charge in [0.2, 0.25) is 0 Å². The van der Waals surface area contributed by atoms with Gasteiger partial charge in [-0.2, -0.15) is 0 Å². The van der Waals surface area contributed by atoms with Crippen LogP contribution in [-0.4, -0.2) is 43.6 Å². The van der Waals surface area contributed by atoms with E-state index < -0.39 is 0 Å². The van der Waals surface area contributed by atoms with E-state index in [2.05, 4.69) is 5.32 Å². The molecule has 2 rings (SSSR count). The van der Waals surface area contributed by atoms with Gasteiger partial charge in [0, 0.05) is 25.2 Å². The highest BCUT2D eigenvalue weighted by molar-refractivity contribution is 5.95. The minimum atomic E-state index is -0.266. The Morgan fingerprint density at radius 1 is 1.27 bits per heavy atom. The minimum Gasteiger partial charge on any atom is -0.453 e. The molecule has 1 fully saturated rings. The molecule has 120 valence electrons. The smallest absolute Gasteiger partial charge is 0.409 e. The van der Waals surface area contributed by atoms with E-state index in [1.54, 1.807) is 4.90 Å². The molecule has 5 nitrogen and oxygen atoms in total. The fourth-order valence-corrected chi connectivity index (χ4v) is 2.85. The molecule has 1 aromatic rings. The summed E-state index contributed by atoms with van der Waals surface area (Å²) in [4.78, 5) is 25.4. The van der Waals surface area contributed by atoms with Crippen LogP contribution in [0.2, 0.25) is 0 Å². The summed E-state index contributed by atoms with van der Waals surface area (Å²) in [5, 5.41) is 3.01. The molecule has 0 aromatic heterocycles. The van der Waals surface area contributed by atoms with Gasteiger partial charge < -0.3 is 15.0 Å². The van der Waals surface area contributed by atoms with Crippen molar-refractivity contribution < 1.29 is 14.3 Å². The number of carbonyl (C=O) groups is 2. The third kappa shape index (κ3) is 4.00. The van der Waals surface area contributed by atoms with Crippen LogP contribution in [0.3, 0.4) is 0 Å². The summed E-state index contributed by atoms with van der Waals surface area (Å²) in [6.45, 7) is 6.01. The maximum Gasteiger partial charge on any atom is 0.409 e. The second-order valence-electron chi connectivity index (χ2n) is 5.93. The van der Waals surface area contributed by atoms with Crippen LogP contribution in [-0.2, 0) is 4.74 Å². The van der Waals surface area contributed by atoms with Crippen molar-refractivity contribution in [3.63, 3.8) is 0 Å². The van der Waals surface area contributed by atoms with Crippen LogP contribution in [0, 0.1) is 19.8 Å². The number of nitrogens with one attached hydrogen (secondary N) is 1. The maximum absolute atomic E-state index is 12.2. The van der Waals surface area contributed by atoms with Gasteiger partial charge >= 0.3 is 6.09 Å². The van der Waals surface area contributed by atoms with Crippen LogP contribution < -0.4 is 5.32 Å². The number of hydrogen-bond acceptors (Lipinski definition) is 3. The molecule has 0 radical (unpaired) electrons. The SMILES string of the molecule is COC(=O)N1CCC(CNC(=O)c2ccc(C)cc2C)CC1. The second-order valence-corrected chi connectivity index (χ2v) is 5.93. The van der Waals surface area contributed by atoms with Crippen LogP contribution in [0.5, 0.6) is 0 Å². The molecule has 22 heavy (non-hydrogen) atoms. The predicted octanol–water partition coefficient (Wildman–Crippen LogP) is 2.51. The number of piperidine rings is 1. The number of likely N-dealkylation sites (tertiary alicyclic amines) is 1. The van der Waals surface area contributed by atoms with Crippen molar-refractivity contribution in [1.82, 2.24) is 10.2 Å². The van der Waals surface area contributed by atoms with Gasteiger partial charge in [0.25, 0.3) is 5.91 Å². The molecule has 0 bridgehead atoms. The molecule has 2 amide bonds. The van der Waals surface area contributed by atoms with E-state index >= 15 is 0 Å². The quantitative estimate of drug-likeness (QED) is 0.933. The van der Waals surface area contributed by atoms with E-state index in [1.165, 1.54) is 7.11 Å². The van der Waals surface area contributed by atoms with E-state index in [0.717, 1.165) is 29.5 Å². The van der Waals surface area contributed by atoms with Gasteiger partial charge in [-0.25, -0.2) is 4.79 Å². The van der Waals surface area contributed by atoms with E-state index in [1.807, 2.05) is 32.0 Å². The van der Waals surface area contributed by atoms with Crippen molar-refractivity contribution in [3.05, 3.63) is 34.9 Å². The Balaban J connectivity index is 1.81. The summed E-state index contributed by atoms with van der Waals surface area (Å²) in [7, 11) is 1.40. The summed E-state index contributed by atoms with van der Waals surface area (Å²) in [6.07, 6.45) is 1.52. The van der Waals surface area contributed by atoms with Crippen molar-refractivity contribution in [1.29, 1.82) is 0 Å². The van der Waals surface area contributed by atoms with Crippen molar-refractivity contribution in [2.45, 2.75) is 26.7 Å². The molecule has 1 aliphatic heterocycles. The van der Waals surface area contributed by atoms with E-state index in [-0.39, 0.29) is 12.0 Å². The first-order valence-corrected chi connectivity index (χ1v) is 7.69. The Labute approximate surface area is 131 Å². The summed E-state index contributed by atoms with van der Waals surface area (Å²) in [5.41, 5.74) is 2.89. The number of hydrogen-bond donors (Lipinski definition) is 1. The van der Waals surface area contributed by atoms with Crippen LogP contribution in [0.4, 0.5) is 4.79 Å². The lowest BCUT2D eigenvalue weighted by atomic mass is 9.96. The number of nitrogens with zero attached hydrogens (tertiary/aromatic N) is 1. The third-order valence-electron chi connectivity index (χ3n) is 4.23. The molecule has 0 aliphatic carbocycles. The lowest BCUT2D eigenvalue weighted by molar-refractivity contribution is 0.0913. The first kappa shape index (κ1) is 16.3. The van der Waals surface area contributed by atoms with Gasteiger partial charge in [-0.1, -0.05) is 17.7 Å². The Morgan fingerprint density at radius 3 is 2.55 bits per heavy atom. The van der Waals surface area contributed by atoms with Gasteiger partial charge in [-0.15, -0.1) is 0 Å². The number of rotatable bonds is 3. The van der Waals surface area contributed by atoms with E-state index in [9.17, 15) is 9.59 Å². The Kier molecular flexibility index (Phi) is 5.41. The molecule has 1 heterocycles.